The minimum Gasteiger partial charge on any atom is -0.492 e. The smallest absolute Gasteiger partial charge is 0.410 e. The average Bonchev–Trinajstić information content (AvgIpc) is 3.37. The highest BCUT2D eigenvalue weighted by Gasteiger charge is 2.24. The number of carboxylic acids is 1. The molecule has 196 valence electrons. The first kappa shape index (κ1) is 27.3. The van der Waals surface area contributed by atoms with Crippen molar-refractivity contribution in [1.29, 1.82) is 0 Å². The number of amides is 1. The lowest BCUT2D eigenvalue weighted by Crippen LogP contribution is -2.37. The number of hydrogen-bond donors (Lipinski definition) is 1. The Labute approximate surface area is 210 Å². The first-order valence-electron chi connectivity index (χ1n) is 13.6. The predicted octanol–water partition coefficient (Wildman–Crippen LogP) is 5.84. The van der Waals surface area contributed by atoms with E-state index in [1.807, 2.05) is 29.2 Å². The third-order valence-corrected chi connectivity index (χ3v) is 7.21. The molecule has 1 aromatic rings. The molecule has 35 heavy (non-hydrogen) atoms. The molecule has 3 rings (SSSR count). The summed E-state index contributed by atoms with van der Waals surface area (Å²) < 4.78 is 17.0. The van der Waals surface area contributed by atoms with Crippen LogP contribution in [0.25, 0.3) is 0 Å². The van der Waals surface area contributed by atoms with Gasteiger partial charge in [-0.15, -0.1) is 0 Å². The van der Waals surface area contributed by atoms with Crippen LogP contribution in [-0.2, 0) is 20.7 Å². The Morgan fingerprint density at radius 1 is 1.00 bits per heavy atom. The van der Waals surface area contributed by atoms with E-state index in [4.69, 9.17) is 14.2 Å². The molecule has 7 heteroatoms. The summed E-state index contributed by atoms with van der Waals surface area (Å²) in [4.78, 5) is 26.0. The standard InChI is InChI=1S/C28H43NO6/c1-2-33-26(27(30)31)21-23-14-16-24(17-15-23)34-20-19-29(28(32)35-25-12-6-7-13-25)18-8-11-22-9-4-3-5-10-22/h14-17,22,25-26H,2-13,18-21H2,1H3,(H,30,31). The van der Waals surface area contributed by atoms with Gasteiger partial charge in [-0.2, -0.15) is 0 Å². The van der Waals surface area contributed by atoms with Gasteiger partial charge in [-0.05, 0) is 69.1 Å². The summed E-state index contributed by atoms with van der Waals surface area (Å²) in [5, 5.41) is 9.27. The van der Waals surface area contributed by atoms with Crippen LogP contribution in [0, 0.1) is 5.92 Å². The van der Waals surface area contributed by atoms with E-state index < -0.39 is 12.1 Å². The molecule has 2 aliphatic rings. The number of nitrogens with zero attached hydrogens (tertiary/aromatic N) is 1. The molecular formula is C28H43NO6. The fraction of sp³-hybridized carbons (Fsp3) is 0.714. The second-order valence-corrected chi connectivity index (χ2v) is 9.90. The van der Waals surface area contributed by atoms with Gasteiger partial charge in [-0.25, -0.2) is 9.59 Å². The number of carbonyl (C=O) groups excluding carboxylic acids is 1. The molecule has 0 aromatic heterocycles. The van der Waals surface area contributed by atoms with Crippen LogP contribution in [-0.4, -0.2) is 60.6 Å². The maximum Gasteiger partial charge on any atom is 0.410 e. The highest BCUT2D eigenvalue weighted by Crippen LogP contribution is 2.27. The van der Waals surface area contributed by atoms with Crippen molar-refractivity contribution in [3.05, 3.63) is 29.8 Å². The number of carboxylic acid groups (broad SMARTS) is 1. The first-order chi connectivity index (χ1) is 17.0. The molecule has 0 radical (unpaired) electrons. The van der Waals surface area contributed by atoms with Crippen LogP contribution in [0.2, 0.25) is 0 Å². The minimum atomic E-state index is -0.958. The van der Waals surface area contributed by atoms with E-state index in [1.165, 1.54) is 38.5 Å². The van der Waals surface area contributed by atoms with Crippen molar-refractivity contribution >= 4 is 12.1 Å². The highest BCUT2D eigenvalue weighted by molar-refractivity contribution is 5.72. The second kappa shape index (κ2) is 15.0. The Bertz CT molecular complexity index is 755. The number of aliphatic carboxylic acids is 1. The molecular weight excluding hydrogens is 446 g/mol. The van der Waals surface area contributed by atoms with Gasteiger partial charge in [-0.1, -0.05) is 44.2 Å². The molecule has 1 atom stereocenters. The Morgan fingerprint density at radius 2 is 1.69 bits per heavy atom. The van der Waals surface area contributed by atoms with Crippen LogP contribution in [0.3, 0.4) is 0 Å². The summed E-state index contributed by atoms with van der Waals surface area (Å²) in [5.41, 5.74) is 0.877. The van der Waals surface area contributed by atoms with E-state index in [0.717, 1.165) is 43.6 Å². The van der Waals surface area contributed by atoms with E-state index in [1.54, 1.807) is 6.92 Å². The molecule has 2 fully saturated rings. The third kappa shape index (κ3) is 9.71. The van der Waals surface area contributed by atoms with E-state index in [9.17, 15) is 14.7 Å². The average molecular weight is 490 g/mol. The molecule has 7 nitrogen and oxygen atoms in total. The normalized spacial score (nSPS) is 17.7. The van der Waals surface area contributed by atoms with E-state index >= 15 is 0 Å². The van der Waals surface area contributed by atoms with Gasteiger partial charge in [0.25, 0.3) is 0 Å². The largest absolute Gasteiger partial charge is 0.492 e. The van der Waals surface area contributed by atoms with Crippen molar-refractivity contribution < 1.29 is 28.9 Å². The number of carbonyl (C=O) groups is 2. The zero-order valence-electron chi connectivity index (χ0n) is 21.3. The van der Waals surface area contributed by atoms with Crippen LogP contribution in [0.5, 0.6) is 5.75 Å². The fourth-order valence-electron chi connectivity index (χ4n) is 5.19. The molecule has 0 heterocycles. The van der Waals surface area contributed by atoms with E-state index in [-0.39, 0.29) is 12.2 Å². The van der Waals surface area contributed by atoms with Crippen molar-refractivity contribution in [3.63, 3.8) is 0 Å². The van der Waals surface area contributed by atoms with Crippen molar-refractivity contribution in [1.82, 2.24) is 4.90 Å². The van der Waals surface area contributed by atoms with Gasteiger partial charge in [0, 0.05) is 19.6 Å². The van der Waals surface area contributed by atoms with Gasteiger partial charge < -0.3 is 24.2 Å². The number of rotatable bonds is 14. The van der Waals surface area contributed by atoms with Crippen molar-refractivity contribution in [3.8, 4) is 5.75 Å². The lowest BCUT2D eigenvalue weighted by Gasteiger charge is -2.26. The molecule has 1 aromatic carbocycles. The molecule has 0 saturated heterocycles. The van der Waals surface area contributed by atoms with Crippen LogP contribution < -0.4 is 4.74 Å². The van der Waals surface area contributed by atoms with Crippen molar-refractivity contribution in [2.45, 2.75) is 96.2 Å². The number of ether oxygens (including phenoxy) is 3. The van der Waals surface area contributed by atoms with Gasteiger partial charge >= 0.3 is 12.1 Å². The zero-order chi connectivity index (χ0) is 24.9. The monoisotopic (exact) mass is 489 g/mol. The maximum atomic E-state index is 12.9. The number of benzene rings is 1. The Morgan fingerprint density at radius 3 is 2.34 bits per heavy atom. The second-order valence-electron chi connectivity index (χ2n) is 9.90. The van der Waals surface area contributed by atoms with Gasteiger partial charge in [0.2, 0.25) is 0 Å². The van der Waals surface area contributed by atoms with Gasteiger partial charge in [0.1, 0.15) is 18.5 Å². The van der Waals surface area contributed by atoms with Crippen LogP contribution in [0.4, 0.5) is 4.79 Å². The molecule has 1 unspecified atom stereocenters. The zero-order valence-corrected chi connectivity index (χ0v) is 21.3. The lowest BCUT2D eigenvalue weighted by molar-refractivity contribution is -0.149. The van der Waals surface area contributed by atoms with Crippen LogP contribution in [0.15, 0.2) is 24.3 Å². The first-order valence-corrected chi connectivity index (χ1v) is 13.6. The lowest BCUT2D eigenvalue weighted by atomic mass is 9.86. The summed E-state index contributed by atoms with van der Waals surface area (Å²) in [6.45, 7) is 3.73. The Balaban J connectivity index is 1.46. The van der Waals surface area contributed by atoms with Gasteiger partial charge in [0.05, 0.1) is 6.54 Å². The molecule has 1 N–H and O–H groups in total. The predicted molar refractivity (Wildman–Crippen MR) is 135 cm³/mol. The van der Waals surface area contributed by atoms with E-state index in [2.05, 4.69) is 0 Å². The summed E-state index contributed by atoms with van der Waals surface area (Å²) in [7, 11) is 0. The number of hydrogen-bond acceptors (Lipinski definition) is 5. The minimum absolute atomic E-state index is 0.0584. The molecule has 0 bridgehead atoms. The molecule has 0 spiro atoms. The molecule has 1 amide bonds. The molecule has 2 saturated carbocycles. The van der Waals surface area contributed by atoms with Crippen LogP contribution in [0.1, 0.15) is 83.1 Å². The fourth-order valence-corrected chi connectivity index (χ4v) is 5.19. The topological polar surface area (TPSA) is 85.3 Å². The Hall–Kier alpha value is -2.28. The Kier molecular flexibility index (Phi) is 11.7. The SMILES string of the molecule is CCOC(Cc1ccc(OCCN(CCCC2CCCCC2)C(=O)OC2CCCC2)cc1)C(=O)O. The quantitative estimate of drug-likeness (QED) is 0.353. The summed E-state index contributed by atoms with van der Waals surface area (Å²) in [5.74, 6) is 0.540. The van der Waals surface area contributed by atoms with Gasteiger partial charge in [-0.3, -0.25) is 0 Å². The van der Waals surface area contributed by atoms with Gasteiger partial charge in [0.15, 0.2) is 6.10 Å². The molecule has 0 aliphatic heterocycles. The maximum absolute atomic E-state index is 12.9. The summed E-state index contributed by atoms with van der Waals surface area (Å²) >= 11 is 0. The van der Waals surface area contributed by atoms with Crippen molar-refractivity contribution in [2.24, 2.45) is 5.92 Å². The summed E-state index contributed by atoms with van der Waals surface area (Å²) in [6.07, 6.45) is 12.4. The third-order valence-electron chi connectivity index (χ3n) is 7.21. The highest BCUT2D eigenvalue weighted by atomic mass is 16.6. The van der Waals surface area contributed by atoms with Crippen molar-refractivity contribution in [2.75, 3.05) is 26.3 Å². The summed E-state index contributed by atoms with van der Waals surface area (Å²) in [6, 6.07) is 7.40. The molecule has 2 aliphatic carbocycles. The van der Waals surface area contributed by atoms with Crippen LogP contribution >= 0.6 is 0 Å². The van der Waals surface area contributed by atoms with E-state index in [0.29, 0.717) is 38.5 Å².